The van der Waals surface area contributed by atoms with Gasteiger partial charge in [0.15, 0.2) is 0 Å². The molecule has 54 heavy (non-hydrogen) atoms. The Morgan fingerprint density at radius 1 is 0.574 bits per heavy atom. The number of para-hydroxylation sites is 2. The van der Waals surface area contributed by atoms with Crippen LogP contribution in [0.4, 0.5) is 17.1 Å². The average molecular weight is 768 g/mol. The van der Waals surface area contributed by atoms with Crippen LogP contribution < -0.4 is 30.2 Å². The minimum absolute atomic E-state index is 0.0528. The molecule has 0 radical (unpaired) electrons. The molecule has 0 bridgehead atoms. The Morgan fingerprint density at radius 2 is 1.30 bits per heavy atom. The van der Waals surface area contributed by atoms with Crippen LogP contribution in [0.5, 0.6) is 0 Å². The van der Waals surface area contributed by atoms with Gasteiger partial charge < -0.3 is 0 Å². The number of nitrogens with zero attached hydrogens (tertiary/aromatic N) is 2. The van der Waals surface area contributed by atoms with E-state index in [1.54, 1.807) is 0 Å². The number of anilines is 3. The van der Waals surface area contributed by atoms with E-state index < -0.39 is 0 Å². The fourth-order valence-electron chi connectivity index (χ4n) is 9.65. The van der Waals surface area contributed by atoms with Gasteiger partial charge in [0, 0.05) is 0 Å². The first-order valence-corrected chi connectivity index (χ1v) is 21.8. The Morgan fingerprint density at radius 3 is 2.07 bits per heavy atom. The van der Waals surface area contributed by atoms with Gasteiger partial charge in [0.2, 0.25) is 0 Å². The quantitative estimate of drug-likeness (QED) is 0.163. The van der Waals surface area contributed by atoms with Gasteiger partial charge in [-0.2, -0.15) is 0 Å². The van der Waals surface area contributed by atoms with Crippen LogP contribution in [0.25, 0.3) is 27.5 Å². The molecule has 6 aromatic carbocycles. The van der Waals surface area contributed by atoms with Crippen LogP contribution in [0.3, 0.4) is 0 Å². The first kappa shape index (κ1) is 34.0. The normalized spacial score (nSPS) is 15.7. The Kier molecular flexibility index (Phi) is 7.89. The van der Waals surface area contributed by atoms with E-state index in [4.69, 9.17) is 0 Å². The molecular formula is C50H49BN2Se. The summed E-state index contributed by atoms with van der Waals surface area (Å²) in [5.41, 5.74) is 16.3. The monoisotopic (exact) mass is 768 g/mol. The predicted molar refractivity (Wildman–Crippen MR) is 235 cm³/mol. The molecule has 0 N–H and O–H groups in total. The summed E-state index contributed by atoms with van der Waals surface area (Å²) in [6.07, 6.45) is 6.67. The zero-order chi connectivity index (χ0) is 36.9. The van der Waals surface area contributed by atoms with Crippen LogP contribution in [0.2, 0.25) is 0 Å². The van der Waals surface area contributed by atoms with Gasteiger partial charge in [0.05, 0.1) is 0 Å². The molecule has 10 rings (SSSR count). The average Bonchev–Trinajstić information content (AvgIpc) is 3.50. The molecule has 2 aliphatic heterocycles. The van der Waals surface area contributed by atoms with Gasteiger partial charge in [-0.05, 0) is 12.8 Å². The van der Waals surface area contributed by atoms with E-state index in [0.717, 1.165) is 0 Å². The van der Waals surface area contributed by atoms with Gasteiger partial charge in [-0.25, -0.2) is 0 Å². The Hall–Kier alpha value is -4.50. The molecule has 268 valence electrons. The molecule has 0 saturated heterocycles. The van der Waals surface area contributed by atoms with E-state index in [9.17, 15) is 0 Å². The summed E-state index contributed by atoms with van der Waals surface area (Å²) < 4.78 is 5.63. The summed E-state index contributed by atoms with van der Waals surface area (Å²) in [5, 5.41) is 2.71. The molecule has 4 heteroatoms. The predicted octanol–water partition coefficient (Wildman–Crippen LogP) is 9.69. The van der Waals surface area contributed by atoms with Crippen molar-refractivity contribution >= 4 is 85.8 Å². The van der Waals surface area contributed by atoms with Crippen molar-refractivity contribution in [1.29, 1.82) is 0 Å². The molecule has 1 fully saturated rings. The van der Waals surface area contributed by atoms with Gasteiger partial charge in [-0.1, -0.05) is 19.3 Å². The first-order valence-electron chi connectivity index (χ1n) is 20.1. The van der Waals surface area contributed by atoms with Crippen molar-refractivity contribution in [1.82, 2.24) is 4.57 Å². The van der Waals surface area contributed by atoms with Crippen LogP contribution in [0.15, 0.2) is 121 Å². The number of rotatable bonds is 3. The Labute approximate surface area is 327 Å². The third kappa shape index (κ3) is 5.36. The number of hydrogen-bond donors (Lipinski definition) is 0. The summed E-state index contributed by atoms with van der Waals surface area (Å²) in [7, 11) is 0. The Balaban J connectivity index is 1.33. The van der Waals surface area contributed by atoms with E-state index in [-0.39, 0.29) is 32.5 Å². The van der Waals surface area contributed by atoms with Crippen molar-refractivity contribution < 1.29 is 0 Å². The maximum atomic E-state index is 2.62. The molecule has 0 atom stereocenters. The number of benzene rings is 6. The van der Waals surface area contributed by atoms with Gasteiger partial charge in [0.25, 0.3) is 0 Å². The fraction of sp³-hybridized carbons (Fsp3) is 0.280. The first-order chi connectivity index (χ1) is 26.1. The van der Waals surface area contributed by atoms with Crippen molar-refractivity contribution in [2.45, 2.75) is 90.4 Å². The van der Waals surface area contributed by atoms with Crippen molar-refractivity contribution in [2.75, 3.05) is 4.90 Å². The van der Waals surface area contributed by atoms with Crippen molar-refractivity contribution in [3.63, 3.8) is 0 Å². The number of aromatic nitrogens is 1. The third-order valence-corrected chi connectivity index (χ3v) is 15.0. The molecule has 0 unspecified atom stereocenters. The zero-order valence-corrected chi connectivity index (χ0v) is 34.3. The van der Waals surface area contributed by atoms with Gasteiger partial charge >= 0.3 is 297 Å². The summed E-state index contributed by atoms with van der Waals surface area (Å²) in [6, 6.07) is 47.4. The SMILES string of the molecule is CC(C)(C)c1ccc2c(c1)B1c3cc(C(C)(C)C)cc(-n4c5ccccc5c5cc(C6CCCCC6)ccc54)c3N(c3ccccc3)c3cccc(c31)[Se]2. The maximum absolute atomic E-state index is 2.62. The van der Waals surface area contributed by atoms with Crippen LogP contribution in [0, 0.1) is 0 Å². The molecule has 1 saturated carbocycles. The molecule has 1 aromatic heterocycles. The summed E-state index contributed by atoms with van der Waals surface area (Å²) in [6.45, 7) is 14.4. The van der Waals surface area contributed by atoms with Gasteiger partial charge in [-0.3, -0.25) is 0 Å². The summed E-state index contributed by atoms with van der Waals surface area (Å²) >= 11 is 0.223. The topological polar surface area (TPSA) is 8.17 Å². The standard InChI is InChI=1S/C50H49BN2Se/c1-49(2,3)34-25-27-45-39(29-34)51-40-30-35(50(4,5)6)31-44(48(40)52(36-18-11-8-12-19-36)43-22-15-23-46(54-45)47(43)51)53-41-21-14-13-20-37(41)38-28-33(24-26-42(38)53)32-16-9-7-10-17-32/h8,11-15,18-32H,7,9-10,16-17H2,1-6H3. The van der Waals surface area contributed by atoms with Crippen LogP contribution in [0.1, 0.15) is 96.3 Å². The number of hydrogen-bond acceptors (Lipinski definition) is 1. The fourth-order valence-corrected chi connectivity index (χ4v) is 12.1. The van der Waals surface area contributed by atoms with Crippen molar-refractivity contribution in [3.05, 3.63) is 138 Å². The summed E-state index contributed by atoms with van der Waals surface area (Å²) in [4.78, 5) is 2.61. The van der Waals surface area contributed by atoms with E-state index >= 15 is 0 Å². The van der Waals surface area contributed by atoms with Crippen molar-refractivity contribution in [2.24, 2.45) is 0 Å². The third-order valence-electron chi connectivity index (χ3n) is 12.5. The van der Waals surface area contributed by atoms with Crippen molar-refractivity contribution in [3.8, 4) is 5.69 Å². The van der Waals surface area contributed by atoms with E-state index in [1.165, 1.54) is 119 Å². The minimum atomic E-state index is -0.0528. The van der Waals surface area contributed by atoms with Gasteiger partial charge in [-0.15, -0.1) is 0 Å². The summed E-state index contributed by atoms with van der Waals surface area (Å²) in [5.74, 6) is 0.660. The van der Waals surface area contributed by atoms with E-state index in [2.05, 4.69) is 172 Å². The molecule has 7 aromatic rings. The van der Waals surface area contributed by atoms with Gasteiger partial charge in [0.1, 0.15) is 0 Å². The Bertz CT molecular complexity index is 2600. The second-order valence-corrected chi connectivity index (χ2v) is 20.3. The molecule has 3 heterocycles. The van der Waals surface area contributed by atoms with E-state index in [0.29, 0.717) is 5.92 Å². The van der Waals surface area contributed by atoms with Crippen LogP contribution in [-0.2, 0) is 10.8 Å². The molecule has 1 aliphatic carbocycles. The molecule has 3 aliphatic rings. The molecule has 0 spiro atoms. The van der Waals surface area contributed by atoms with Crippen LogP contribution in [-0.4, -0.2) is 26.2 Å². The molecular weight excluding hydrogens is 718 g/mol. The molecule has 0 amide bonds. The second kappa shape index (κ2) is 12.5. The molecule has 2 nitrogen and oxygen atoms in total. The van der Waals surface area contributed by atoms with Crippen LogP contribution >= 0.6 is 0 Å². The zero-order valence-electron chi connectivity index (χ0n) is 32.5. The van der Waals surface area contributed by atoms with E-state index in [1.807, 2.05) is 0 Å². The number of fused-ring (bicyclic) bond motifs is 7. The second-order valence-electron chi connectivity index (χ2n) is 18.0.